The lowest BCUT2D eigenvalue weighted by Gasteiger charge is -2.22. The highest BCUT2D eigenvalue weighted by atomic mass is 16.5. The molecule has 0 saturated carbocycles. The number of pyridine rings is 1. The van der Waals surface area contributed by atoms with Gasteiger partial charge in [-0.05, 0) is 43.7 Å². The second-order valence-corrected chi connectivity index (χ2v) is 7.48. The van der Waals surface area contributed by atoms with Crippen LogP contribution in [0, 0.1) is 0 Å². The fourth-order valence-corrected chi connectivity index (χ4v) is 3.70. The van der Waals surface area contributed by atoms with Gasteiger partial charge < -0.3 is 9.64 Å². The summed E-state index contributed by atoms with van der Waals surface area (Å²) in [5.41, 5.74) is 7.62. The second kappa shape index (κ2) is 9.48. The minimum atomic E-state index is 0.653. The maximum atomic E-state index is 5.78. The molecule has 156 valence electrons. The summed E-state index contributed by atoms with van der Waals surface area (Å²) in [4.78, 5) is 7.26. The van der Waals surface area contributed by atoms with Gasteiger partial charge in [-0.25, -0.2) is 4.98 Å². The highest BCUT2D eigenvalue weighted by Crippen LogP contribution is 2.37. The topological polar surface area (TPSA) is 25.4 Å². The van der Waals surface area contributed by atoms with Gasteiger partial charge in [0.15, 0.2) is 0 Å². The average molecular weight is 409 g/mol. The molecule has 0 bridgehead atoms. The second-order valence-electron chi connectivity index (χ2n) is 7.48. The molecular formula is C28H28N2O. The number of aromatic nitrogens is 1. The third kappa shape index (κ3) is 4.61. The molecule has 1 aromatic heterocycles. The van der Waals surface area contributed by atoms with Crippen molar-refractivity contribution in [3.05, 3.63) is 91.0 Å². The molecule has 0 N–H and O–H groups in total. The summed E-state index contributed by atoms with van der Waals surface area (Å²) in [6.07, 6.45) is 0. The van der Waals surface area contributed by atoms with E-state index in [1.54, 1.807) is 0 Å². The first kappa shape index (κ1) is 20.7. The maximum absolute atomic E-state index is 5.78. The largest absolute Gasteiger partial charge is 0.494 e. The van der Waals surface area contributed by atoms with Crippen molar-refractivity contribution in [1.82, 2.24) is 4.98 Å². The van der Waals surface area contributed by atoms with Gasteiger partial charge in [-0.3, -0.25) is 0 Å². The monoisotopic (exact) mass is 408 g/mol. The van der Waals surface area contributed by atoms with Crippen LogP contribution >= 0.6 is 0 Å². The number of hydrogen-bond acceptors (Lipinski definition) is 3. The van der Waals surface area contributed by atoms with Crippen LogP contribution in [0.3, 0.4) is 0 Å². The van der Waals surface area contributed by atoms with Crippen LogP contribution in [0.1, 0.15) is 13.8 Å². The van der Waals surface area contributed by atoms with Crippen molar-refractivity contribution in [2.75, 3.05) is 25.1 Å². The van der Waals surface area contributed by atoms with Crippen molar-refractivity contribution in [3.8, 4) is 39.4 Å². The molecule has 1 heterocycles. The molecule has 0 unspecified atom stereocenters. The zero-order valence-corrected chi connectivity index (χ0v) is 18.4. The third-order valence-corrected chi connectivity index (χ3v) is 5.44. The van der Waals surface area contributed by atoms with Gasteiger partial charge in [-0.1, -0.05) is 60.7 Å². The first-order valence-corrected chi connectivity index (χ1v) is 10.8. The lowest BCUT2D eigenvalue weighted by molar-refractivity contribution is 0.340. The van der Waals surface area contributed by atoms with Crippen molar-refractivity contribution in [2.24, 2.45) is 0 Å². The van der Waals surface area contributed by atoms with Crippen molar-refractivity contribution >= 4 is 5.69 Å². The van der Waals surface area contributed by atoms with Crippen molar-refractivity contribution in [2.45, 2.75) is 13.8 Å². The number of ether oxygens (including phenoxy) is 1. The van der Waals surface area contributed by atoms with Crippen LogP contribution in [0.5, 0.6) is 5.75 Å². The normalized spacial score (nSPS) is 10.7. The van der Waals surface area contributed by atoms with E-state index in [4.69, 9.17) is 9.72 Å². The molecule has 0 saturated heterocycles. The number of hydrogen-bond donors (Lipinski definition) is 0. The third-order valence-electron chi connectivity index (χ3n) is 5.44. The lowest BCUT2D eigenvalue weighted by Crippen LogP contribution is -2.16. The Bertz CT molecular complexity index is 1080. The molecular weight excluding hydrogens is 380 g/mol. The van der Waals surface area contributed by atoms with Gasteiger partial charge in [0.1, 0.15) is 5.75 Å². The molecule has 0 aliphatic rings. The molecule has 4 aromatic rings. The van der Waals surface area contributed by atoms with E-state index >= 15 is 0 Å². The molecule has 3 nitrogen and oxygen atoms in total. The molecule has 0 radical (unpaired) electrons. The van der Waals surface area contributed by atoms with Gasteiger partial charge in [-0.15, -0.1) is 0 Å². The van der Waals surface area contributed by atoms with E-state index in [1.165, 1.54) is 5.56 Å². The van der Waals surface area contributed by atoms with Gasteiger partial charge >= 0.3 is 0 Å². The van der Waals surface area contributed by atoms with Crippen molar-refractivity contribution in [3.63, 3.8) is 0 Å². The quantitative estimate of drug-likeness (QED) is 0.331. The molecule has 0 atom stereocenters. The minimum Gasteiger partial charge on any atom is -0.494 e. The van der Waals surface area contributed by atoms with Gasteiger partial charge in [0.25, 0.3) is 0 Å². The predicted molar refractivity (Wildman–Crippen MR) is 131 cm³/mol. The molecule has 31 heavy (non-hydrogen) atoms. The summed E-state index contributed by atoms with van der Waals surface area (Å²) in [7, 11) is 2.12. The maximum Gasteiger partial charge on any atom is 0.121 e. The van der Waals surface area contributed by atoms with Crippen molar-refractivity contribution < 1.29 is 4.74 Å². The average Bonchev–Trinajstić information content (AvgIpc) is 2.84. The van der Waals surface area contributed by atoms with Gasteiger partial charge in [-0.2, -0.15) is 0 Å². The van der Waals surface area contributed by atoms with Crippen LogP contribution in [0.2, 0.25) is 0 Å². The molecule has 0 amide bonds. The van der Waals surface area contributed by atoms with Crippen LogP contribution < -0.4 is 9.64 Å². The Morgan fingerprint density at radius 1 is 0.710 bits per heavy atom. The lowest BCUT2D eigenvalue weighted by atomic mass is 9.98. The van der Waals surface area contributed by atoms with E-state index in [0.717, 1.165) is 46.1 Å². The fourth-order valence-electron chi connectivity index (χ4n) is 3.70. The molecule has 3 aromatic carbocycles. The first-order valence-electron chi connectivity index (χ1n) is 10.8. The van der Waals surface area contributed by atoms with E-state index in [9.17, 15) is 0 Å². The summed E-state index contributed by atoms with van der Waals surface area (Å²) < 4.78 is 5.78. The van der Waals surface area contributed by atoms with Crippen LogP contribution in [0.15, 0.2) is 91.0 Å². The molecule has 0 aliphatic carbocycles. The highest BCUT2D eigenvalue weighted by Gasteiger charge is 2.14. The Kier molecular flexibility index (Phi) is 6.32. The summed E-state index contributed by atoms with van der Waals surface area (Å²) >= 11 is 0. The SMILES string of the molecule is CCOc1ccc(-c2cc(-c3ccccc3)nc(-c3ccccc3)c2)c(N(C)CC)c1. The van der Waals surface area contributed by atoms with E-state index < -0.39 is 0 Å². The Hall–Kier alpha value is -3.59. The molecule has 0 aliphatic heterocycles. The number of nitrogens with zero attached hydrogens (tertiary/aromatic N) is 2. The van der Waals surface area contributed by atoms with E-state index in [-0.39, 0.29) is 0 Å². The van der Waals surface area contributed by atoms with Crippen molar-refractivity contribution in [1.29, 1.82) is 0 Å². The zero-order chi connectivity index (χ0) is 21.6. The Labute approximate surface area is 185 Å². The summed E-state index contributed by atoms with van der Waals surface area (Å²) in [5, 5.41) is 0. The van der Waals surface area contributed by atoms with E-state index in [0.29, 0.717) is 6.61 Å². The van der Waals surface area contributed by atoms with Crippen LogP contribution in [-0.2, 0) is 0 Å². The zero-order valence-electron chi connectivity index (χ0n) is 18.4. The first-order chi connectivity index (χ1) is 15.2. The summed E-state index contributed by atoms with van der Waals surface area (Å²) in [5.74, 6) is 0.891. The Morgan fingerprint density at radius 2 is 1.29 bits per heavy atom. The number of benzene rings is 3. The predicted octanol–water partition coefficient (Wildman–Crippen LogP) is 6.94. The number of anilines is 1. The summed E-state index contributed by atoms with van der Waals surface area (Å²) in [6.45, 7) is 5.73. The smallest absolute Gasteiger partial charge is 0.121 e. The van der Waals surface area contributed by atoms with Crippen LogP contribution in [-0.4, -0.2) is 25.2 Å². The molecule has 0 spiro atoms. The summed E-state index contributed by atoms with van der Waals surface area (Å²) in [6, 6.07) is 31.4. The van der Waals surface area contributed by atoms with Gasteiger partial charge in [0.2, 0.25) is 0 Å². The van der Waals surface area contributed by atoms with Gasteiger partial charge in [0.05, 0.1) is 18.0 Å². The Morgan fingerprint density at radius 3 is 1.81 bits per heavy atom. The van der Waals surface area contributed by atoms with Crippen LogP contribution in [0.25, 0.3) is 33.6 Å². The molecule has 0 fully saturated rings. The van der Waals surface area contributed by atoms with Crippen LogP contribution in [0.4, 0.5) is 5.69 Å². The van der Waals surface area contributed by atoms with Gasteiger partial charge in [0, 0.05) is 42.0 Å². The number of rotatable bonds is 7. The van der Waals surface area contributed by atoms with E-state index in [2.05, 4.69) is 97.7 Å². The van der Waals surface area contributed by atoms with E-state index in [1.807, 2.05) is 19.1 Å². The minimum absolute atomic E-state index is 0.653. The standard InChI is InChI=1S/C28H28N2O/c1-4-30(3)28-20-24(31-5-2)16-17-25(28)23-18-26(21-12-8-6-9-13-21)29-27(19-23)22-14-10-7-11-15-22/h6-20H,4-5H2,1-3H3. The highest BCUT2D eigenvalue weighted by molar-refractivity contribution is 5.84. The Balaban J connectivity index is 1.92. The fraction of sp³-hybridized carbons (Fsp3) is 0.179. The molecule has 3 heteroatoms. The molecule has 4 rings (SSSR count).